The number of benzene rings is 1. The number of aliphatic hydroxyl groups excluding tert-OH is 1. The zero-order chi connectivity index (χ0) is 15.3. The highest BCUT2D eigenvalue weighted by atomic mass is 16.3. The number of nitrogens with two attached hydrogens (primary N) is 2. The molecule has 21 heavy (non-hydrogen) atoms. The maximum atomic E-state index is 9.10. The summed E-state index contributed by atoms with van der Waals surface area (Å²) >= 11 is 0. The maximum Gasteiger partial charge on any atom is 0.102 e. The number of aliphatic hydroxyl groups is 1. The summed E-state index contributed by atoms with van der Waals surface area (Å²) in [7, 11) is 2.22. The van der Waals surface area contributed by atoms with Crippen molar-refractivity contribution < 1.29 is 9.59 Å². The lowest BCUT2D eigenvalue weighted by molar-refractivity contribution is -0.913. The first-order valence-electron chi connectivity index (χ1n) is 7.58. The number of hydrogen-bond acceptors (Lipinski definition) is 5. The van der Waals surface area contributed by atoms with Crippen molar-refractivity contribution in [1.29, 1.82) is 0 Å². The molecule has 0 bridgehead atoms. The van der Waals surface area contributed by atoms with Gasteiger partial charge in [0.05, 0.1) is 38.1 Å². The van der Waals surface area contributed by atoms with Gasteiger partial charge in [0, 0.05) is 31.9 Å². The zero-order valence-corrected chi connectivity index (χ0v) is 12.9. The van der Waals surface area contributed by atoms with Crippen molar-refractivity contribution in [1.82, 2.24) is 4.90 Å². The molecule has 1 heterocycles. The molecule has 1 aromatic rings. The summed E-state index contributed by atoms with van der Waals surface area (Å²) in [5.41, 5.74) is 13.9. The van der Waals surface area contributed by atoms with Gasteiger partial charge in [0.25, 0.3) is 0 Å². The fourth-order valence-corrected chi connectivity index (χ4v) is 2.77. The van der Waals surface area contributed by atoms with Crippen molar-refractivity contribution in [3.05, 3.63) is 18.2 Å². The number of nitrogen functional groups attached to an aromatic ring is 2. The topological polar surface area (TPSA) is 87.5 Å². The van der Waals surface area contributed by atoms with Crippen LogP contribution in [0.1, 0.15) is 0 Å². The maximum absolute atomic E-state index is 9.10. The number of rotatable bonds is 6. The van der Waals surface area contributed by atoms with Crippen LogP contribution in [0.2, 0.25) is 0 Å². The Kier molecular flexibility index (Phi) is 5.27. The Morgan fingerprint density at radius 2 is 2.00 bits per heavy atom. The smallest absolute Gasteiger partial charge is 0.102 e. The van der Waals surface area contributed by atoms with Gasteiger partial charge in [-0.15, -0.1) is 0 Å². The van der Waals surface area contributed by atoms with E-state index in [0.29, 0.717) is 11.4 Å². The van der Waals surface area contributed by atoms with Gasteiger partial charge in [-0.2, -0.15) is 0 Å². The molecule has 0 unspecified atom stereocenters. The first kappa shape index (κ1) is 15.9. The fraction of sp³-hybridized carbons (Fsp3) is 0.600. The molecule has 118 valence electrons. The molecule has 0 amide bonds. The van der Waals surface area contributed by atoms with Crippen molar-refractivity contribution in [2.24, 2.45) is 0 Å². The average Bonchev–Trinajstić information content (AvgIpc) is 2.44. The molecule has 0 spiro atoms. The molecular formula is C15H28N5O+. The molecule has 1 aliphatic rings. The van der Waals surface area contributed by atoms with Gasteiger partial charge in [-0.25, -0.2) is 0 Å². The van der Waals surface area contributed by atoms with Crippen LogP contribution in [-0.4, -0.2) is 74.0 Å². The van der Waals surface area contributed by atoms with Crippen LogP contribution in [0.4, 0.5) is 17.1 Å². The molecule has 1 aliphatic heterocycles. The summed E-state index contributed by atoms with van der Waals surface area (Å²) in [5.74, 6) is 0. The van der Waals surface area contributed by atoms with Crippen LogP contribution < -0.4 is 16.8 Å². The van der Waals surface area contributed by atoms with Crippen LogP contribution in [0.15, 0.2) is 18.2 Å². The van der Waals surface area contributed by atoms with E-state index in [1.165, 1.54) is 0 Å². The van der Waals surface area contributed by atoms with E-state index in [-0.39, 0.29) is 6.61 Å². The Hall–Kier alpha value is -1.50. The number of hydrogen-bond donors (Lipinski definition) is 4. The minimum atomic E-state index is 0.272. The Labute approximate surface area is 126 Å². The molecule has 0 radical (unpaired) electrons. The molecule has 1 aromatic carbocycles. The molecule has 1 fully saturated rings. The van der Waals surface area contributed by atoms with E-state index in [4.69, 9.17) is 16.6 Å². The van der Waals surface area contributed by atoms with Gasteiger partial charge >= 0.3 is 0 Å². The van der Waals surface area contributed by atoms with Gasteiger partial charge in [0.1, 0.15) is 6.54 Å². The van der Waals surface area contributed by atoms with Gasteiger partial charge in [0.15, 0.2) is 0 Å². The van der Waals surface area contributed by atoms with E-state index in [1.54, 1.807) is 6.07 Å². The monoisotopic (exact) mass is 294 g/mol. The standard InChI is InChI=1S/C15H28N5O/c1-20(10-11-21)8-6-19(7-9-20)5-4-18-15-3-2-13(16)12-14(15)17/h2-3,12,18,21H,4-11,16-17H2,1H3/q+1. The van der Waals surface area contributed by atoms with E-state index in [0.717, 1.165) is 56.0 Å². The number of nitrogens with one attached hydrogen (secondary N) is 1. The fourth-order valence-electron chi connectivity index (χ4n) is 2.77. The molecule has 6 nitrogen and oxygen atoms in total. The lowest BCUT2D eigenvalue weighted by Gasteiger charge is -2.41. The first-order chi connectivity index (χ1) is 10.0. The second-order valence-corrected chi connectivity index (χ2v) is 6.13. The Morgan fingerprint density at radius 1 is 1.29 bits per heavy atom. The Morgan fingerprint density at radius 3 is 2.62 bits per heavy atom. The van der Waals surface area contributed by atoms with Crippen LogP contribution in [-0.2, 0) is 0 Å². The lowest BCUT2D eigenvalue weighted by atomic mass is 10.2. The van der Waals surface area contributed by atoms with E-state index in [1.807, 2.05) is 12.1 Å². The number of likely N-dealkylation sites (N-methyl/N-ethyl adjacent to an activating group) is 1. The third kappa shape index (κ3) is 4.49. The zero-order valence-electron chi connectivity index (χ0n) is 12.9. The van der Waals surface area contributed by atoms with Crippen LogP contribution in [0.25, 0.3) is 0 Å². The second-order valence-electron chi connectivity index (χ2n) is 6.13. The van der Waals surface area contributed by atoms with Gasteiger partial charge in [-0.05, 0) is 18.2 Å². The van der Waals surface area contributed by atoms with Crippen molar-refractivity contribution in [2.45, 2.75) is 0 Å². The summed E-state index contributed by atoms with van der Waals surface area (Å²) in [4.78, 5) is 2.46. The summed E-state index contributed by atoms with van der Waals surface area (Å²) in [5, 5.41) is 12.5. The molecule has 0 atom stereocenters. The first-order valence-corrected chi connectivity index (χ1v) is 7.58. The van der Waals surface area contributed by atoms with Gasteiger partial charge in [-0.3, -0.25) is 4.90 Å². The average molecular weight is 294 g/mol. The molecule has 2 rings (SSSR count). The second kappa shape index (κ2) is 6.98. The largest absolute Gasteiger partial charge is 0.399 e. The highest BCUT2D eigenvalue weighted by molar-refractivity contribution is 5.70. The van der Waals surface area contributed by atoms with Crippen LogP contribution in [0.3, 0.4) is 0 Å². The number of anilines is 3. The predicted molar refractivity (Wildman–Crippen MR) is 88.1 cm³/mol. The minimum absolute atomic E-state index is 0.272. The summed E-state index contributed by atoms with van der Waals surface area (Å²) < 4.78 is 0.978. The number of quaternary nitrogens is 1. The number of piperazine rings is 1. The van der Waals surface area contributed by atoms with Gasteiger partial charge < -0.3 is 26.4 Å². The van der Waals surface area contributed by atoms with Gasteiger partial charge in [0.2, 0.25) is 0 Å². The Bertz CT molecular complexity index is 457. The lowest BCUT2D eigenvalue weighted by Crippen LogP contribution is -2.58. The van der Waals surface area contributed by atoms with E-state index >= 15 is 0 Å². The molecule has 1 saturated heterocycles. The van der Waals surface area contributed by atoms with Crippen LogP contribution in [0, 0.1) is 0 Å². The van der Waals surface area contributed by atoms with E-state index in [2.05, 4.69) is 17.3 Å². The minimum Gasteiger partial charge on any atom is -0.399 e. The summed E-state index contributed by atoms with van der Waals surface area (Å²) in [6, 6.07) is 5.56. The Balaban J connectivity index is 1.73. The third-order valence-corrected chi connectivity index (χ3v) is 4.37. The van der Waals surface area contributed by atoms with Gasteiger partial charge in [-0.1, -0.05) is 0 Å². The summed E-state index contributed by atoms with van der Waals surface area (Å²) in [6.45, 7) is 7.36. The predicted octanol–water partition coefficient (Wildman–Crippen LogP) is 0.0174. The molecule has 0 aliphatic carbocycles. The normalized spacial score (nSPS) is 18.6. The van der Waals surface area contributed by atoms with Crippen LogP contribution >= 0.6 is 0 Å². The number of nitrogens with zero attached hydrogens (tertiary/aromatic N) is 2. The quantitative estimate of drug-likeness (QED) is 0.439. The van der Waals surface area contributed by atoms with Crippen LogP contribution in [0.5, 0.6) is 0 Å². The van der Waals surface area contributed by atoms with E-state index in [9.17, 15) is 0 Å². The van der Waals surface area contributed by atoms with E-state index < -0.39 is 0 Å². The summed E-state index contributed by atoms with van der Waals surface area (Å²) in [6.07, 6.45) is 0. The van der Waals surface area contributed by atoms with Crippen molar-refractivity contribution in [3.63, 3.8) is 0 Å². The molecule has 6 heteroatoms. The SMILES string of the molecule is C[N+]1(CCO)CCN(CCNc2ccc(N)cc2N)CC1. The molecule has 0 saturated carbocycles. The highest BCUT2D eigenvalue weighted by Gasteiger charge is 2.27. The third-order valence-electron chi connectivity index (χ3n) is 4.37. The van der Waals surface area contributed by atoms with Crippen molar-refractivity contribution >= 4 is 17.1 Å². The van der Waals surface area contributed by atoms with Crippen molar-refractivity contribution in [3.8, 4) is 0 Å². The molecule has 0 aromatic heterocycles. The van der Waals surface area contributed by atoms with Crippen molar-refractivity contribution in [2.75, 3.05) is 76.3 Å². The highest BCUT2D eigenvalue weighted by Crippen LogP contribution is 2.20. The molecule has 6 N–H and O–H groups in total. The molecular weight excluding hydrogens is 266 g/mol.